The van der Waals surface area contributed by atoms with E-state index in [1.54, 1.807) is 32.1 Å². The van der Waals surface area contributed by atoms with Gasteiger partial charge in [0.25, 0.3) is 0 Å². The second-order valence-electron chi connectivity index (χ2n) is 9.60. The summed E-state index contributed by atoms with van der Waals surface area (Å²) in [5, 5.41) is 32.8. The molecule has 1 aromatic carbocycles. The van der Waals surface area contributed by atoms with Gasteiger partial charge in [0, 0.05) is 22.0 Å². The van der Waals surface area contributed by atoms with Crippen molar-refractivity contribution in [3.63, 3.8) is 0 Å². The van der Waals surface area contributed by atoms with Gasteiger partial charge in [-0.25, -0.2) is 4.79 Å². The van der Waals surface area contributed by atoms with E-state index < -0.39 is 34.3 Å². The van der Waals surface area contributed by atoms with Gasteiger partial charge in [-0.2, -0.15) is 0 Å². The van der Waals surface area contributed by atoms with E-state index in [4.69, 9.17) is 9.15 Å². The molecule has 3 N–H and O–H groups in total. The normalized spacial score (nSPS) is 21.1. The molecule has 0 radical (unpaired) electrons. The smallest absolute Gasteiger partial charge is 0.340 e. The zero-order valence-corrected chi connectivity index (χ0v) is 18.4. The van der Waals surface area contributed by atoms with Crippen molar-refractivity contribution < 1.29 is 24.5 Å². The highest BCUT2D eigenvalue weighted by molar-refractivity contribution is 5.92. The van der Waals surface area contributed by atoms with Crippen LogP contribution in [0.15, 0.2) is 40.6 Å². The van der Waals surface area contributed by atoms with Gasteiger partial charge in [-0.15, -0.1) is 13.2 Å². The molecule has 6 nitrogen and oxygen atoms in total. The predicted octanol–water partition coefficient (Wildman–Crippen LogP) is 3.99. The minimum Gasteiger partial charge on any atom is -0.507 e. The Balaban J connectivity index is 2.57. The van der Waals surface area contributed by atoms with Crippen LogP contribution in [-0.4, -0.2) is 27.0 Å². The minimum absolute atomic E-state index is 0.0652. The quantitative estimate of drug-likeness (QED) is 0.517. The van der Waals surface area contributed by atoms with Gasteiger partial charge in [0.05, 0.1) is 10.9 Å². The standard InChI is InChI=1S/C24H30O6/c1-9-22(3,4)13-11-12-16(25)14-17(26)20(27)24(7,8)30-19(14)15(23(5,6)10-2)18(12)29-21(13)28/h9-11,17,20,25-27H,1-2H2,3-8H3/t17-,20+/m0/s1. The van der Waals surface area contributed by atoms with Crippen LogP contribution in [0.3, 0.4) is 0 Å². The molecule has 0 fully saturated rings. The lowest BCUT2D eigenvalue weighted by Gasteiger charge is -2.42. The van der Waals surface area contributed by atoms with Crippen LogP contribution in [0.25, 0.3) is 11.0 Å². The third-order valence-electron chi connectivity index (χ3n) is 6.19. The molecule has 1 aliphatic rings. The maximum Gasteiger partial charge on any atom is 0.340 e. The Labute approximate surface area is 176 Å². The molecule has 0 amide bonds. The highest BCUT2D eigenvalue weighted by Gasteiger charge is 2.47. The van der Waals surface area contributed by atoms with Crippen LogP contribution >= 0.6 is 0 Å². The van der Waals surface area contributed by atoms with Crippen molar-refractivity contribution in [2.45, 2.75) is 70.2 Å². The van der Waals surface area contributed by atoms with E-state index >= 15 is 0 Å². The van der Waals surface area contributed by atoms with Crippen LogP contribution in [0.5, 0.6) is 11.5 Å². The Kier molecular flexibility index (Phi) is 4.96. The summed E-state index contributed by atoms with van der Waals surface area (Å²) in [7, 11) is 0. The summed E-state index contributed by atoms with van der Waals surface area (Å²) in [6, 6.07) is 1.56. The van der Waals surface area contributed by atoms with Gasteiger partial charge >= 0.3 is 5.63 Å². The SMILES string of the molecule is C=CC(C)(C)c1cc2c(O)c3c(c(C(C)(C)C=C)c2oc1=O)OC(C)(C)[C@H](O)[C@H]3O. The molecular weight excluding hydrogens is 384 g/mol. The average molecular weight is 414 g/mol. The number of aliphatic hydroxyl groups is 2. The molecule has 0 spiro atoms. The molecule has 0 bridgehead atoms. The van der Waals surface area contributed by atoms with Gasteiger partial charge in [-0.1, -0.05) is 39.8 Å². The summed E-state index contributed by atoms with van der Waals surface area (Å²) < 4.78 is 11.8. The van der Waals surface area contributed by atoms with Crippen molar-refractivity contribution in [3.8, 4) is 11.5 Å². The Bertz CT molecular complexity index is 1100. The number of phenolic OH excluding ortho intramolecular Hbond substituents is 1. The van der Waals surface area contributed by atoms with Crippen molar-refractivity contribution in [2.24, 2.45) is 0 Å². The monoisotopic (exact) mass is 414 g/mol. The lowest BCUT2D eigenvalue weighted by Crippen LogP contribution is -2.49. The molecular formula is C24H30O6. The summed E-state index contributed by atoms with van der Waals surface area (Å²) >= 11 is 0. The number of aliphatic hydroxyl groups excluding tert-OH is 2. The second-order valence-corrected chi connectivity index (χ2v) is 9.60. The number of rotatable bonds is 4. The fraction of sp³-hybridized carbons (Fsp3) is 0.458. The van der Waals surface area contributed by atoms with Crippen LogP contribution in [0.2, 0.25) is 0 Å². The Morgan fingerprint density at radius 2 is 1.67 bits per heavy atom. The van der Waals surface area contributed by atoms with Gasteiger partial charge in [0.15, 0.2) is 0 Å². The average Bonchev–Trinajstić information content (AvgIpc) is 2.65. The molecule has 0 saturated carbocycles. The number of hydrogen-bond donors (Lipinski definition) is 3. The van der Waals surface area contributed by atoms with Gasteiger partial charge in [-0.3, -0.25) is 0 Å². The van der Waals surface area contributed by atoms with Gasteiger partial charge in [0.1, 0.15) is 34.9 Å². The number of ether oxygens (including phenoxy) is 1. The van der Waals surface area contributed by atoms with Gasteiger partial charge in [0.2, 0.25) is 0 Å². The fourth-order valence-electron chi connectivity index (χ4n) is 3.81. The van der Waals surface area contributed by atoms with Crippen molar-refractivity contribution in [3.05, 3.63) is 58.5 Å². The van der Waals surface area contributed by atoms with Crippen LogP contribution in [0.4, 0.5) is 0 Å². The number of aromatic hydroxyl groups is 1. The number of allylic oxidation sites excluding steroid dienone is 2. The van der Waals surface area contributed by atoms with Gasteiger partial charge < -0.3 is 24.5 Å². The molecule has 0 unspecified atom stereocenters. The third-order valence-corrected chi connectivity index (χ3v) is 6.19. The summed E-state index contributed by atoms with van der Waals surface area (Å²) in [6.45, 7) is 18.3. The summed E-state index contributed by atoms with van der Waals surface area (Å²) in [6.07, 6.45) is 0.636. The highest BCUT2D eigenvalue weighted by Crippen LogP contribution is 2.53. The molecule has 6 heteroatoms. The Morgan fingerprint density at radius 1 is 1.10 bits per heavy atom. The topological polar surface area (TPSA) is 100 Å². The van der Waals surface area contributed by atoms with E-state index in [1.165, 1.54) is 0 Å². The molecule has 2 heterocycles. The van der Waals surface area contributed by atoms with E-state index in [2.05, 4.69) is 13.2 Å². The van der Waals surface area contributed by atoms with Crippen LogP contribution < -0.4 is 10.4 Å². The molecule has 1 aliphatic heterocycles. The van der Waals surface area contributed by atoms with E-state index in [0.29, 0.717) is 11.1 Å². The summed E-state index contributed by atoms with van der Waals surface area (Å²) in [5.74, 6) is -0.109. The van der Waals surface area contributed by atoms with E-state index in [1.807, 2.05) is 27.7 Å². The van der Waals surface area contributed by atoms with Crippen LogP contribution in [-0.2, 0) is 10.8 Å². The minimum atomic E-state index is -1.39. The van der Waals surface area contributed by atoms with Crippen molar-refractivity contribution >= 4 is 11.0 Å². The van der Waals surface area contributed by atoms with E-state index in [0.717, 1.165) is 0 Å². The number of hydrogen-bond acceptors (Lipinski definition) is 6. The molecule has 162 valence electrons. The number of phenols is 1. The van der Waals surface area contributed by atoms with Crippen LogP contribution in [0, 0.1) is 0 Å². The predicted molar refractivity (Wildman–Crippen MR) is 116 cm³/mol. The zero-order valence-electron chi connectivity index (χ0n) is 18.4. The van der Waals surface area contributed by atoms with Crippen molar-refractivity contribution in [2.75, 3.05) is 0 Å². The maximum absolute atomic E-state index is 12.9. The molecule has 2 atom stereocenters. The second kappa shape index (κ2) is 6.72. The lowest BCUT2D eigenvalue weighted by atomic mass is 9.77. The maximum atomic E-state index is 12.9. The largest absolute Gasteiger partial charge is 0.507 e. The molecule has 0 saturated heterocycles. The van der Waals surface area contributed by atoms with E-state index in [-0.39, 0.29) is 28.0 Å². The Morgan fingerprint density at radius 3 is 2.20 bits per heavy atom. The first-order valence-electron chi connectivity index (χ1n) is 9.89. The Hall–Kier alpha value is -2.57. The first-order valence-corrected chi connectivity index (χ1v) is 9.89. The number of fused-ring (bicyclic) bond motifs is 2. The molecule has 2 aromatic rings. The first kappa shape index (κ1) is 22.1. The lowest BCUT2D eigenvalue weighted by molar-refractivity contribution is -0.113. The highest BCUT2D eigenvalue weighted by atomic mass is 16.5. The van der Waals surface area contributed by atoms with Crippen molar-refractivity contribution in [1.82, 2.24) is 0 Å². The summed E-state index contributed by atoms with van der Waals surface area (Å²) in [4.78, 5) is 12.9. The van der Waals surface area contributed by atoms with Crippen LogP contribution in [0.1, 0.15) is 64.3 Å². The number of benzene rings is 1. The zero-order chi connectivity index (χ0) is 22.8. The van der Waals surface area contributed by atoms with E-state index in [9.17, 15) is 20.1 Å². The van der Waals surface area contributed by atoms with Crippen molar-refractivity contribution in [1.29, 1.82) is 0 Å². The molecule has 0 aliphatic carbocycles. The molecule has 3 rings (SSSR count). The first-order chi connectivity index (χ1) is 13.7. The molecule has 30 heavy (non-hydrogen) atoms. The fourth-order valence-corrected chi connectivity index (χ4v) is 3.81. The van der Waals surface area contributed by atoms with Gasteiger partial charge in [-0.05, 0) is 19.9 Å². The third kappa shape index (κ3) is 3.06. The molecule has 1 aromatic heterocycles. The summed E-state index contributed by atoms with van der Waals surface area (Å²) in [5.41, 5.74) is -2.12.